The molecule has 0 aromatic rings. The third kappa shape index (κ3) is 47.3. The van der Waals surface area contributed by atoms with Crippen LogP contribution in [-0.4, -0.2) is 37.2 Å². The summed E-state index contributed by atoms with van der Waals surface area (Å²) in [5, 5.41) is 0. The topological polar surface area (TPSA) is 78.9 Å². The van der Waals surface area contributed by atoms with E-state index in [4.69, 9.17) is 14.2 Å². The second-order valence-electron chi connectivity index (χ2n) is 19.1. The van der Waals surface area contributed by atoms with Crippen LogP contribution in [0, 0.1) is 11.8 Å². The summed E-state index contributed by atoms with van der Waals surface area (Å²) in [6, 6.07) is 0. The summed E-state index contributed by atoms with van der Waals surface area (Å²) >= 11 is 0. The molecule has 6 nitrogen and oxygen atoms in total. The predicted octanol–water partition coefficient (Wildman–Crippen LogP) is 16.9. The summed E-state index contributed by atoms with van der Waals surface area (Å²) in [7, 11) is 0. The molecule has 0 saturated heterocycles. The van der Waals surface area contributed by atoms with Crippen molar-refractivity contribution >= 4 is 17.9 Å². The Morgan fingerprint density at radius 1 is 0.322 bits per heavy atom. The van der Waals surface area contributed by atoms with Crippen molar-refractivity contribution < 1.29 is 28.6 Å². The Bertz CT molecular complexity index is 900. The zero-order valence-corrected chi connectivity index (χ0v) is 40.4. The van der Waals surface area contributed by atoms with Crippen LogP contribution in [0.1, 0.15) is 291 Å². The van der Waals surface area contributed by atoms with Crippen LogP contribution in [0.2, 0.25) is 0 Å². The van der Waals surface area contributed by atoms with Gasteiger partial charge in [-0.05, 0) is 31.1 Å². The Morgan fingerprint density at radius 2 is 0.559 bits per heavy atom. The van der Waals surface area contributed by atoms with Gasteiger partial charge in [0.2, 0.25) is 0 Å². The van der Waals surface area contributed by atoms with Gasteiger partial charge in [0.15, 0.2) is 6.10 Å². The van der Waals surface area contributed by atoms with E-state index in [2.05, 4.69) is 34.6 Å². The van der Waals surface area contributed by atoms with Crippen LogP contribution >= 0.6 is 0 Å². The van der Waals surface area contributed by atoms with Crippen molar-refractivity contribution in [3.63, 3.8) is 0 Å². The molecule has 0 aliphatic rings. The molecular weight excluding hydrogens is 733 g/mol. The first-order valence-electron chi connectivity index (χ1n) is 26.2. The lowest BCUT2D eigenvalue weighted by atomic mass is 10.0. The number of ether oxygens (including phenoxy) is 3. The number of esters is 3. The van der Waals surface area contributed by atoms with Crippen LogP contribution in [0.3, 0.4) is 0 Å². The first-order valence-corrected chi connectivity index (χ1v) is 26.2. The molecule has 0 aromatic heterocycles. The Labute approximate surface area is 368 Å². The molecule has 0 aliphatic heterocycles. The average molecular weight is 835 g/mol. The molecule has 0 heterocycles. The largest absolute Gasteiger partial charge is 0.462 e. The highest BCUT2D eigenvalue weighted by molar-refractivity contribution is 5.71. The van der Waals surface area contributed by atoms with E-state index in [1.54, 1.807) is 0 Å². The SMILES string of the molecule is CCCCCCCCCCCCCCCCCCC(=O)OC[C@H](COC(=O)CCCCCCCCCCC(C)C)OC(=O)CCCCCCCCCCCCCC(C)C. The maximum atomic E-state index is 12.8. The van der Waals surface area contributed by atoms with Gasteiger partial charge in [-0.3, -0.25) is 14.4 Å². The Hall–Kier alpha value is -1.59. The summed E-state index contributed by atoms with van der Waals surface area (Å²) in [6.45, 7) is 11.3. The quantitative estimate of drug-likeness (QED) is 0.0345. The minimum Gasteiger partial charge on any atom is -0.462 e. The van der Waals surface area contributed by atoms with Gasteiger partial charge in [-0.25, -0.2) is 0 Å². The maximum Gasteiger partial charge on any atom is 0.306 e. The van der Waals surface area contributed by atoms with Crippen LogP contribution in [-0.2, 0) is 28.6 Å². The lowest BCUT2D eigenvalue weighted by Crippen LogP contribution is -2.30. The third-order valence-corrected chi connectivity index (χ3v) is 12.0. The molecule has 0 unspecified atom stereocenters. The van der Waals surface area contributed by atoms with Gasteiger partial charge < -0.3 is 14.2 Å². The lowest BCUT2D eigenvalue weighted by Gasteiger charge is -2.18. The number of unbranched alkanes of at least 4 members (excludes halogenated alkanes) is 32. The van der Waals surface area contributed by atoms with E-state index < -0.39 is 6.10 Å². The number of carbonyl (C=O) groups is 3. The molecule has 0 saturated carbocycles. The molecule has 1 atom stereocenters. The van der Waals surface area contributed by atoms with Gasteiger partial charge in [0.25, 0.3) is 0 Å². The van der Waals surface area contributed by atoms with Crippen LogP contribution < -0.4 is 0 Å². The van der Waals surface area contributed by atoms with Gasteiger partial charge in [0.1, 0.15) is 13.2 Å². The smallest absolute Gasteiger partial charge is 0.306 e. The molecule has 350 valence electrons. The monoisotopic (exact) mass is 835 g/mol. The van der Waals surface area contributed by atoms with E-state index in [-0.39, 0.29) is 31.1 Å². The second-order valence-corrected chi connectivity index (χ2v) is 19.1. The minimum absolute atomic E-state index is 0.0639. The standard InChI is InChI=1S/C53H102O6/c1-6-7-8-9-10-11-12-13-14-15-16-19-22-28-33-38-43-51(54)57-46-50(47-58-52(55)44-39-34-29-25-24-27-32-37-42-49(4)5)59-53(56)45-40-35-30-23-20-17-18-21-26-31-36-41-48(2)3/h48-50H,6-47H2,1-5H3/t50-/m1/s1. The molecule has 0 radical (unpaired) electrons. The van der Waals surface area contributed by atoms with Crippen molar-refractivity contribution in [1.29, 1.82) is 0 Å². The summed E-state index contributed by atoms with van der Waals surface area (Å²) in [5.41, 5.74) is 0. The first-order chi connectivity index (χ1) is 28.7. The fourth-order valence-corrected chi connectivity index (χ4v) is 7.99. The maximum absolute atomic E-state index is 12.8. The van der Waals surface area contributed by atoms with E-state index >= 15 is 0 Å². The summed E-state index contributed by atoms with van der Waals surface area (Å²) < 4.78 is 16.8. The highest BCUT2D eigenvalue weighted by Crippen LogP contribution is 2.17. The molecule has 0 rings (SSSR count). The number of hydrogen-bond donors (Lipinski definition) is 0. The lowest BCUT2D eigenvalue weighted by molar-refractivity contribution is -0.167. The van der Waals surface area contributed by atoms with Crippen LogP contribution in [0.25, 0.3) is 0 Å². The van der Waals surface area contributed by atoms with Gasteiger partial charge in [-0.15, -0.1) is 0 Å². The molecule has 0 bridgehead atoms. The Morgan fingerprint density at radius 3 is 0.831 bits per heavy atom. The van der Waals surface area contributed by atoms with E-state index in [0.29, 0.717) is 19.3 Å². The van der Waals surface area contributed by atoms with E-state index in [0.717, 1.165) is 69.6 Å². The van der Waals surface area contributed by atoms with Crippen LogP contribution in [0.4, 0.5) is 0 Å². The molecule has 0 spiro atoms. The fraction of sp³-hybridized carbons (Fsp3) is 0.943. The molecule has 0 amide bonds. The number of hydrogen-bond acceptors (Lipinski definition) is 6. The Balaban J connectivity index is 4.30. The molecular formula is C53H102O6. The van der Waals surface area contributed by atoms with Gasteiger partial charge in [-0.2, -0.15) is 0 Å². The summed E-state index contributed by atoms with van der Waals surface area (Å²) in [6.07, 6.45) is 46.6. The van der Waals surface area contributed by atoms with Crippen molar-refractivity contribution in [3.8, 4) is 0 Å². The van der Waals surface area contributed by atoms with Crippen molar-refractivity contribution in [3.05, 3.63) is 0 Å². The summed E-state index contributed by atoms with van der Waals surface area (Å²) in [4.78, 5) is 37.9. The molecule has 0 aliphatic carbocycles. The molecule has 6 heteroatoms. The predicted molar refractivity (Wildman–Crippen MR) is 252 cm³/mol. The van der Waals surface area contributed by atoms with Gasteiger partial charge >= 0.3 is 17.9 Å². The third-order valence-electron chi connectivity index (χ3n) is 12.0. The second kappa shape index (κ2) is 45.9. The fourth-order valence-electron chi connectivity index (χ4n) is 7.99. The highest BCUT2D eigenvalue weighted by Gasteiger charge is 2.19. The Kier molecular flexibility index (Phi) is 44.7. The molecule has 0 N–H and O–H groups in total. The van der Waals surface area contributed by atoms with Crippen molar-refractivity contribution in [2.75, 3.05) is 13.2 Å². The van der Waals surface area contributed by atoms with E-state index in [9.17, 15) is 14.4 Å². The van der Waals surface area contributed by atoms with E-state index in [1.165, 1.54) is 180 Å². The van der Waals surface area contributed by atoms with Crippen LogP contribution in [0.5, 0.6) is 0 Å². The summed E-state index contributed by atoms with van der Waals surface area (Å²) in [5.74, 6) is 0.772. The van der Waals surface area contributed by atoms with Gasteiger partial charge in [0.05, 0.1) is 0 Å². The highest BCUT2D eigenvalue weighted by atomic mass is 16.6. The zero-order chi connectivity index (χ0) is 43.3. The van der Waals surface area contributed by atoms with Crippen LogP contribution in [0.15, 0.2) is 0 Å². The van der Waals surface area contributed by atoms with Crippen molar-refractivity contribution in [2.24, 2.45) is 11.8 Å². The molecule has 59 heavy (non-hydrogen) atoms. The first kappa shape index (κ1) is 57.4. The van der Waals surface area contributed by atoms with Crippen molar-refractivity contribution in [1.82, 2.24) is 0 Å². The minimum atomic E-state index is -0.762. The van der Waals surface area contributed by atoms with Gasteiger partial charge in [-0.1, -0.05) is 253 Å². The average Bonchev–Trinajstić information content (AvgIpc) is 3.20. The molecule has 0 fully saturated rings. The molecule has 0 aromatic carbocycles. The van der Waals surface area contributed by atoms with E-state index in [1.807, 2.05) is 0 Å². The zero-order valence-electron chi connectivity index (χ0n) is 40.4. The number of carbonyl (C=O) groups excluding carboxylic acids is 3. The van der Waals surface area contributed by atoms with Crippen molar-refractivity contribution in [2.45, 2.75) is 298 Å². The number of rotatable bonds is 47. The van der Waals surface area contributed by atoms with Gasteiger partial charge in [0, 0.05) is 19.3 Å². The normalized spacial score (nSPS) is 12.1.